The van der Waals surface area contributed by atoms with Crippen molar-refractivity contribution in [3.05, 3.63) is 79.4 Å². The fourth-order valence-electron chi connectivity index (χ4n) is 2.83. The quantitative estimate of drug-likeness (QED) is 0.0921. The van der Waals surface area contributed by atoms with E-state index < -0.39 is 15.6 Å². The number of aromatic nitrogens is 1. The largest absolute Gasteiger partial charge is 0.741 e. The van der Waals surface area contributed by atoms with E-state index in [-0.39, 0.29) is 33.9 Å². The van der Waals surface area contributed by atoms with Crippen molar-refractivity contribution < 1.29 is 66.4 Å². The summed E-state index contributed by atoms with van der Waals surface area (Å²) in [6.07, 6.45) is 0. The number of halogens is 4. The Kier molecular flexibility index (Phi) is 11.1. The van der Waals surface area contributed by atoms with Crippen molar-refractivity contribution in [2.45, 2.75) is 12.4 Å². The predicted octanol–water partition coefficient (Wildman–Crippen LogP) is 2.11. The molecule has 40 heavy (non-hydrogen) atoms. The van der Waals surface area contributed by atoms with Crippen LogP contribution in [-0.2, 0) is 14.9 Å². The Bertz CT molecular complexity index is 1530. The number of fused-ring (bicyclic) bond motifs is 1. The normalized spacial score (nSPS) is 11.4. The summed E-state index contributed by atoms with van der Waals surface area (Å²) in [4.78, 5) is 17.2. The van der Waals surface area contributed by atoms with Crippen molar-refractivity contribution in [2.75, 3.05) is 25.8 Å². The van der Waals surface area contributed by atoms with Crippen LogP contribution in [0.2, 0.25) is 0 Å². The minimum absolute atomic E-state index is 0.175. The number of rotatable bonds is 9. The summed E-state index contributed by atoms with van der Waals surface area (Å²) in [5.41, 5.74) is -4.23. The van der Waals surface area contributed by atoms with Crippen LogP contribution in [0.15, 0.2) is 66.7 Å². The highest BCUT2D eigenvalue weighted by molar-refractivity contribution is 7.86. The summed E-state index contributed by atoms with van der Waals surface area (Å²) in [6, 6.07) is 21.5. The average molecular weight is 710 g/mol. The van der Waals surface area contributed by atoms with Gasteiger partial charge in [0.15, 0.2) is 29.2 Å². The van der Waals surface area contributed by atoms with E-state index in [1.165, 1.54) is 18.5 Å². The molecule has 0 unspecified atom stereocenters. The zero-order valence-electron chi connectivity index (χ0n) is 20.9. The first-order valence-corrected chi connectivity index (χ1v) is 15.6. The maximum Gasteiger partial charge on any atom is 0.485 e. The van der Waals surface area contributed by atoms with Gasteiger partial charge in [-0.05, 0) is 73.7 Å². The van der Waals surface area contributed by atoms with Gasteiger partial charge >= 0.3 is 26.7 Å². The van der Waals surface area contributed by atoms with E-state index in [9.17, 15) is 18.0 Å². The van der Waals surface area contributed by atoms with Crippen LogP contribution in [0.5, 0.6) is 11.5 Å². The van der Waals surface area contributed by atoms with E-state index in [1.54, 1.807) is 7.11 Å². The molecule has 0 spiro atoms. The summed E-state index contributed by atoms with van der Waals surface area (Å²) in [7, 11) is -4.43. The second-order valence-corrected chi connectivity index (χ2v) is 12.9. The fraction of sp³-hybridized carbons (Fsp3) is 0.200. The van der Waals surface area contributed by atoms with Gasteiger partial charge in [-0.3, -0.25) is 10.1 Å². The third-order valence-corrected chi connectivity index (χ3v) is 8.94. The van der Waals surface area contributed by atoms with Gasteiger partial charge in [-0.2, -0.15) is 13.2 Å². The zero-order chi connectivity index (χ0) is 29.3. The molecular formula is C25H22F3IN2O7S2. The zero-order valence-corrected chi connectivity index (χ0v) is 24.7. The van der Waals surface area contributed by atoms with E-state index in [0.29, 0.717) is 23.1 Å². The van der Waals surface area contributed by atoms with Gasteiger partial charge in [-0.25, -0.2) is 13.4 Å². The maximum atomic E-state index is 12.7. The topological polar surface area (TPSA) is 127 Å². The number of benzene rings is 3. The van der Waals surface area contributed by atoms with Crippen LogP contribution < -0.4 is 36.0 Å². The molecule has 0 bridgehead atoms. The molecule has 0 fully saturated rings. The molecule has 0 saturated heterocycles. The lowest BCUT2D eigenvalue weighted by molar-refractivity contribution is -0.597. The molecule has 1 amide bonds. The van der Waals surface area contributed by atoms with Crippen molar-refractivity contribution in [1.29, 1.82) is 0 Å². The molecule has 0 aliphatic heterocycles. The van der Waals surface area contributed by atoms with E-state index in [4.69, 9.17) is 27.2 Å². The van der Waals surface area contributed by atoms with E-state index >= 15 is 0 Å². The predicted molar refractivity (Wildman–Crippen MR) is 137 cm³/mol. The molecule has 15 heteroatoms. The third kappa shape index (κ3) is 9.29. The number of anilines is 1. The molecule has 0 radical (unpaired) electrons. The fourth-order valence-corrected chi connectivity index (χ4v) is 5.88. The molecule has 9 nitrogen and oxygen atoms in total. The summed E-state index contributed by atoms with van der Waals surface area (Å²) in [5, 5.41) is 3.46. The Morgan fingerprint density at radius 2 is 1.60 bits per heavy atom. The van der Waals surface area contributed by atoms with E-state index in [2.05, 4.69) is 22.4 Å². The van der Waals surface area contributed by atoms with Gasteiger partial charge in [-0.15, -0.1) is 0 Å². The number of methoxy groups -OCH3 is 1. The number of hydrogen-bond acceptors (Lipinski definition) is 9. The molecule has 4 aromatic rings. The van der Waals surface area contributed by atoms with Gasteiger partial charge in [0.2, 0.25) is 0 Å². The Hall–Kier alpha value is -2.99. The minimum atomic E-state index is -6.09. The summed E-state index contributed by atoms with van der Waals surface area (Å²) < 4.78 is 78.3. The molecule has 1 N–H and O–H groups in total. The second kappa shape index (κ2) is 14.1. The molecule has 0 aliphatic carbocycles. The Labute approximate surface area is 242 Å². The number of carbonyl (C=O) groups is 1. The highest BCUT2D eigenvalue weighted by Crippen LogP contribution is 2.29. The van der Waals surface area contributed by atoms with Crippen molar-refractivity contribution in [1.82, 2.24) is 4.98 Å². The molecule has 4 rings (SSSR count). The molecule has 0 aliphatic rings. The monoisotopic (exact) mass is 710 g/mol. The van der Waals surface area contributed by atoms with Crippen LogP contribution in [-0.4, -0.2) is 49.9 Å². The second-order valence-electron chi connectivity index (χ2n) is 7.52. The summed E-state index contributed by atoms with van der Waals surface area (Å²) in [5.74, 6) is 1.39. The number of alkyl halides is 3. The summed E-state index contributed by atoms with van der Waals surface area (Å²) in [6.45, 7) is 2.73. The van der Waals surface area contributed by atoms with Gasteiger partial charge in [0, 0.05) is 12.2 Å². The molecule has 1 aromatic heterocycles. The average Bonchev–Trinajstić information content (AvgIpc) is 3.30. The number of nitrogens with zero attached hydrogens (tertiary/aromatic N) is 1. The molecule has 0 saturated carbocycles. The molecule has 0 atom stereocenters. The first-order valence-electron chi connectivity index (χ1n) is 11.2. The van der Waals surface area contributed by atoms with Crippen LogP contribution in [0.25, 0.3) is 10.2 Å². The molecule has 3 aromatic carbocycles. The molecule has 214 valence electrons. The van der Waals surface area contributed by atoms with Crippen LogP contribution in [0.1, 0.15) is 17.3 Å². The number of carbonyl (C=O) groups excluding carboxylic acids is 1. The molecule has 1 heterocycles. The smallest absolute Gasteiger partial charge is 0.485 e. The lowest BCUT2D eigenvalue weighted by atomic mass is 10.2. The number of amides is 1. The highest BCUT2D eigenvalue weighted by atomic mass is 127. The maximum absolute atomic E-state index is 12.7. The SMILES string of the molecule is CCOCOc1ccc2nc(NC(=O)c3ccc([I+]c4ccc(OC)cc4)cc3)sc2c1.O=S(=O)([O-])C(F)(F)F. The van der Waals surface area contributed by atoms with Crippen molar-refractivity contribution in [3.8, 4) is 11.5 Å². The minimum Gasteiger partial charge on any atom is -0.741 e. The van der Waals surface area contributed by atoms with Crippen LogP contribution in [0.4, 0.5) is 18.3 Å². The van der Waals surface area contributed by atoms with Gasteiger partial charge in [0.1, 0.15) is 11.5 Å². The van der Waals surface area contributed by atoms with Crippen molar-refractivity contribution in [3.63, 3.8) is 0 Å². The first-order chi connectivity index (χ1) is 18.9. The summed E-state index contributed by atoms with van der Waals surface area (Å²) >= 11 is 1.10. The van der Waals surface area contributed by atoms with Crippen molar-refractivity contribution in [2.24, 2.45) is 0 Å². The number of thiazole rings is 1. The Balaban J connectivity index is 0.000000482. The van der Waals surface area contributed by atoms with E-state index in [1.807, 2.05) is 61.5 Å². The van der Waals surface area contributed by atoms with Gasteiger partial charge in [0.25, 0.3) is 5.91 Å². The standard InChI is InChI=1S/C24H21IN2O4S.CHF3O3S/c1-3-30-15-31-20-12-13-21-22(14-20)32-24(26-21)27-23(28)16-4-6-17(7-5-16)25-18-8-10-19(29-2)11-9-18;2-1(3,4)8(5,6)7/h4-14H,3,15H2,1-2H3;(H,5,6,7). The number of hydrogen-bond donors (Lipinski definition) is 1. The Morgan fingerprint density at radius 1 is 1.02 bits per heavy atom. The van der Waals surface area contributed by atoms with Crippen LogP contribution >= 0.6 is 11.3 Å². The number of ether oxygens (including phenoxy) is 3. The first kappa shape index (κ1) is 31.5. The van der Waals surface area contributed by atoms with Gasteiger partial charge in [-0.1, -0.05) is 11.3 Å². The highest BCUT2D eigenvalue weighted by Gasteiger charge is 2.36. The van der Waals surface area contributed by atoms with Crippen LogP contribution in [0.3, 0.4) is 0 Å². The molecular weight excluding hydrogens is 688 g/mol. The lowest BCUT2D eigenvalue weighted by Crippen LogP contribution is -3.61. The van der Waals surface area contributed by atoms with Gasteiger partial charge < -0.3 is 18.8 Å². The van der Waals surface area contributed by atoms with Crippen molar-refractivity contribution >= 4 is 42.7 Å². The lowest BCUT2D eigenvalue weighted by Gasteiger charge is -2.08. The van der Waals surface area contributed by atoms with Gasteiger partial charge in [0.05, 0.1) is 17.3 Å². The number of nitrogens with one attached hydrogen (secondary N) is 1. The van der Waals surface area contributed by atoms with Crippen LogP contribution in [0, 0.1) is 7.14 Å². The third-order valence-electron chi connectivity index (χ3n) is 4.75. The van der Waals surface area contributed by atoms with E-state index in [0.717, 1.165) is 16.0 Å². The Morgan fingerprint density at radius 3 is 2.15 bits per heavy atom.